The summed E-state index contributed by atoms with van der Waals surface area (Å²) in [5, 5.41) is 3.44. The molecule has 1 aromatic carbocycles. The molecule has 1 aromatic rings. The molecule has 1 N–H and O–H groups in total. The van der Waals surface area contributed by atoms with Crippen LogP contribution >= 0.6 is 0 Å². The van der Waals surface area contributed by atoms with Gasteiger partial charge in [-0.2, -0.15) is 13.2 Å². The van der Waals surface area contributed by atoms with Gasteiger partial charge >= 0.3 is 6.18 Å². The largest absolute Gasteiger partial charge is 0.416 e. The standard InChI is InChI=1S/C15H21F3N2/c1-11(2)19-13-7-8-20(10-13)9-12-5-3-4-6-14(12)15(16,17)18/h3-6,11,13,19H,7-10H2,1-2H3. The first-order valence-corrected chi connectivity index (χ1v) is 7.00. The molecule has 1 atom stereocenters. The fraction of sp³-hybridized carbons (Fsp3) is 0.600. The van der Waals surface area contributed by atoms with Crippen molar-refractivity contribution in [2.24, 2.45) is 0 Å². The predicted octanol–water partition coefficient (Wildman–Crippen LogP) is 3.28. The van der Waals surface area contributed by atoms with Crippen LogP contribution in [0.1, 0.15) is 31.4 Å². The molecule has 1 aliphatic rings. The molecule has 112 valence electrons. The highest BCUT2D eigenvalue weighted by atomic mass is 19.4. The molecule has 1 heterocycles. The lowest BCUT2D eigenvalue weighted by molar-refractivity contribution is -0.138. The second-order valence-electron chi connectivity index (χ2n) is 5.70. The van der Waals surface area contributed by atoms with Crippen molar-refractivity contribution < 1.29 is 13.2 Å². The van der Waals surface area contributed by atoms with Gasteiger partial charge < -0.3 is 5.32 Å². The second-order valence-corrected chi connectivity index (χ2v) is 5.70. The van der Waals surface area contributed by atoms with Crippen molar-refractivity contribution in [1.29, 1.82) is 0 Å². The van der Waals surface area contributed by atoms with Crippen molar-refractivity contribution in [3.63, 3.8) is 0 Å². The van der Waals surface area contributed by atoms with Gasteiger partial charge in [-0.25, -0.2) is 0 Å². The smallest absolute Gasteiger partial charge is 0.310 e. The number of rotatable bonds is 4. The summed E-state index contributed by atoms with van der Waals surface area (Å²) >= 11 is 0. The number of alkyl halides is 3. The number of nitrogens with zero attached hydrogens (tertiary/aromatic N) is 1. The van der Waals surface area contributed by atoms with Crippen molar-refractivity contribution in [3.8, 4) is 0 Å². The molecule has 0 amide bonds. The number of nitrogens with one attached hydrogen (secondary N) is 1. The number of hydrogen-bond acceptors (Lipinski definition) is 2. The Morgan fingerprint density at radius 2 is 2.00 bits per heavy atom. The first kappa shape index (κ1) is 15.3. The summed E-state index contributed by atoms with van der Waals surface area (Å²) in [7, 11) is 0. The Hall–Kier alpha value is -1.07. The topological polar surface area (TPSA) is 15.3 Å². The van der Waals surface area contributed by atoms with Gasteiger partial charge in [-0.15, -0.1) is 0 Å². The predicted molar refractivity (Wildman–Crippen MR) is 73.4 cm³/mol. The average molecular weight is 286 g/mol. The van der Waals surface area contributed by atoms with Gasteiger partial charge in [0.15, 0.2) is 0 Å². The van der Waals surface area contributed by atoms with E-state index in [2.05, 4.69) is 24.1 Å². The molecule has 0 aromatic heterocycles. The van der Waals surface area contributed by atoms with Crippen LogP contribution < -0.4 is 5.32 Å². The highest BCUT2D eigenvalue weighted by Gasteiger charge is 2.33. The SMILES string of the molecule is CC(C)NC1CCN(Cc2ccccc2C(F)(F)F)C1. The van der Waals surface area contributed by atoms with Crippen molar-refractivity contribution in [2.45, 2.75) is 45.1 Å². The fourth-order valence-corrected chi connectivity index (χ4v) is 2.76. The summed E-state index contributed by atoms with van der Waals surface area (Å²) in [5.74, 6) is 0. The van der Waals surface area contributed by atoms with E-state index in [0.29, 0.717) is 24.2 Å². The Morgan fingerprint density at radius 1 is 1.30 bits per heavy atom. The van der Waals surface area contributed by atoms with Gasteiger partial charge in [0.1, 0.15) is 0 Å². The molecular weight excluding hydrogens is 265 g/mol. The van der Waals surface area contributed by atoms with E-state index in [4.69, 9.17) is 0 Å². The summed E-state index contributed by atoms with van der Waals surface area (Å²) in [6.45, 7) is 6.19. The maximum Gasteiger partial charge on any atom is 0.416 e. The van der Waals surface area contributed by atoms with E-state index in [1.807, 2.05) is 0 Å². The zero-order valence-electron chi connectivity index (χ0n) is 11.9. The van der Waals surface area contributed by atoms with E-state index in [0.717, 1.165) is 25.6 Å². The van der Waals surface area contributed by atoms with E-state index >= 15 is 0 Å². The fourth-order valence-electron chi connectivity index (χ4n) is 2.76. The molecule has 0 bridgehead atoms. The lowest BCUT2D eigenvalue weighted by Crippen LogP contribution is -2.36. The molecule has 5 heteroatoms. The molecule has 2 rings (SSSR count). The first-order valence-electron chi connectivity index (χ1n) is 7.00. The summed E-state index contributed by atoms with van der Waals surface area (Å²) in [4.78, 5) is 2.09. The van der Waals surface area contributed by atoms with Gasteiger partial charge in [0, 0.05) is 31.7 Å². The van der Waals surface area contributed by atoms with E-state index < -0.39 is 11.7 Å². The minimum atomic E-state index is -4.27. The summed E-state index contributed by atoms with van der Waals surface area (Å²) in [5.41, 5.74) is -0.148. The van der Waals surface area contributed by atoms with Crippen LogP contribution in [0, 0.1) is 0 Å². The van der Waals surface area contributed by atoms with Crippen LogP contribution in [0.2, 0.25) is 0 Å². The quantitative estimate of drug-likeness (QED) is 0.914. The van der Waals surface area contributed by atoms with Crippen LogP contribution in [0.3, 0.4) is 0 Å². The first-order chi connectivity index (χ1) is 9.36. The molecule has 0 saturated carbocycles. The molecule has 2 nitrogen and oxygen atoms in total. The zero-order chi connectivity index (χ0) is 14.8. The molecule has 1 saturated heterocycles. The Morgan fingerprint density at radius 3 is 2.65 bits per heavy atom. The van der Waals surface area contributed by atoms with E-state index in [1.54, 1.807) is 12.1 Å². The summed E-state index contributed by atoms with van der Waals surface area (Å²) < 4.78 is 38.8. The van der Waals surface area contributed by atoms with Crippen LogP contribution in [0.4, 0.5) is 13.2 Å². The van der Waals surface area contributed by atoms with Gasteiger partial charge in [-0.05, 0) is 18.1 Å². The third-order valence-electron chi connectivity index (χ3n) is 3.56. The van der Waals surface area contributed by atoms with Crippen molar-refractivity contribution in [2.75, 3.05) is 13.1 Å². The molecule has 0 spiro atoms. The highest BCUT2D eigenvalue weighted by Crippen LogP contribution is 2.32. The molecule has 1 aliphatic heterocycles. The third kappa shape index (κ3) is 3.96. The molecule has 0 aliphatic carbocycles. The molecule has 1 fully saturated rings. The highest BCUT2D eigenvalue weighted by molar-refractivity contribution is 5.29. The Labute approximate surface area is 118 Å². The van der Waals surface area contributed by atoms with E-state index in [-0.39, 0.29) is 0 Å². The van der Waals surface area contributed by atoms with Gasteiger partial charge in [-0.1, -0.05) is 32.0 Å². The summed E-state index contributed by atoms with van der Waals surface area (Å²) in [6.07, 6.45) is -3.28. The van der Waals surface area contributed by atoms with Crippen molar-refractivity contribution in [3.05, 3.63) is 35.4 Å². The number of likely N-dealkylation sites (tertiary alicyclic amines) is 1. The zero-order valence-corrected chi connectivity index (χ0v) is 11.9. The Bertz CT molecular complexity index is 443. The van der Waals surface area contributed by atoms with Crippen LogP contribution in [0.5, 0.6) is 0 Å². The van der Waals surface area contributed by atoms with Crippen LogP contribution in [-0.4, -0.2) is 30.1 Å². The molecule has 1 unspecified atom stereocenters. The van der Waals surface area contributed by atoms with Gasteiger partial charge in [0.2, 0.25) is 0 Å². The van der Waals surface area contributed by atoms with Crippen LogP contribution in [-0.2, 0) is 12.7 Å². The van der Waals surface area contributed by atoms with Gasteiger partial charge in [0.05, 0.1) is 5.56 Å². The lowest BCUT2D eigenvalue weighted by Gasteiger charge is -2.20. The number of hydrogen-bond donors (Lipinski definition) is 1. The monoisotopic (exact) mass is 286 g/mol. The van der Waals surface area contributed by atoms with Gasteiger partial charge in [0.25, 0.3) is 0 Å². The second kappa shape index (κ2) is 6.14. The van der Waals surface area contributed by atoms with Crippen molar-refractivity contribution in [1.82, 2.24) is 10.2 Å². The van der Waals surface area contributed by atoms with E-state index in [9.17, 15) is 13.2 Å². The third-order valence-corrected chi connectivity index (χ3v) is 3.56. The molecular formula is C15H21F3N2. The minimum absolute atomic E-state index is 0.366. The number of benzene rings is 1. The Kier molecular flexibility index (Phi) is 4.70. The van der Waals surface area contributed by atoms with Crippen LogP contribution in [0.25, 0.3) is 0 Å². The maximum absolute atomic E-state index is 12.9. The average Bonchev–Trinajstić information content (AvgIpc) is 2.75. The van der Waals surface area contributed by atoms with Crippen LogP contribution in [0.15, 0.2) is 24.3 Å². The summed E-state index contributed by atoms with van der Waals surface area (Å²) in [6, 6.07) is 6.64. The molecule has 0 radical (unpaired) electrons. The minimum Gasteiger partial charge on any atom is -0.310 e. The molecule has 20 heavy (non-hydrogen) atoms. The Balaban J connectivity index is 2.01. The lowest BCUT2D eigenvalue weighted by atomic mass is 10.1. The normalized spacial score (nSPS) is 20.8. The number of halogens is 3. The van der Waals surface area contributed by atoms with E-state index in [1.165, 1.54) is 6.07 Å². The maximum atomic E-state index is 12.9. The van der Waals surface area contributed by atoms with Crippen molar-refractivity contribution >= 4 is 0 Å². The van der Waals surface area contributed by atoms with Gasteiger partial charge in [-0.3, -0.25) is 4.90 Å².